The van der Waals surface area contributed by atoms with Crippen LogP contribution in [0.4, 0.5) is 0 Å². The molecule has 0 unspecified atom stereocenters. The van der Waals surface area contributed by atoms with Crippen LogP contribution >= 0.6 is 0 Å². The zero-order valence-electron chi connectivity index (χ0n) is 18.5. The molecule has 1 saturated carbocycles. The van der Waals surface area contributed by atoms with Crippen molar-refractivity contribution in [3.8, 4) is 0 Å². The minimum atomic E-state index is 0.519. The first-order valence-electron chi connectivity index (χ1n) is 11.3. The van der Waals surface area contributed by atoms with Crippen molar-refractivity contribution < 1.29 is 0 Å². The number of pyridine rings is 1. The minimum Gasteiger partial charge on any atom is -0.393 e. The van der Waals surface area contributed by atoms with Crippen molar-refractivity contribution in [3.63, 3.8) is 0 Å². The lowest BCUT2D eigenvalue weighted by Crippen LogP contribution is -2.39. The molecule has 1 aliphatic carbocycles. The summed E-state index contributed by atoms with van der Waals surface area (Å²) in [6.45, 7) is 3.70. The van der Waals surface area contributed by atoms with Crippen molar-refractivity contribution in [2.75, 3.05) is 20.1 Å². The Morgan fingerprint density at radius 2 is 2.06 bits per heavy atom. The van der Waals surface area contributed by atoms with E-state index in [1.807, 2.05) is 30.8 Å². The van der Waals surface area contributed by atoms with Gasteiger partial charge in [-0.2, -0.15) is 0 Å². The predicted octanol–water partition coefficient (Wildman–Crippen LogP) is 3.55. The summed E-state index contributed by atoms with van der Waals surface area (Å²) in [6, 6.07) is 4.63. The van der Waals surface area contributed by atoms with Gasteiger partial charge in [-0.05, 0) is 31.9 Å². The zero-order chi connectivity index (χ0) is 21.8. The van der Waals surface area contributed by atoms with Crippen LogP contribution in [0.25, 0.3) is 16.5 Å². The fourth-order valence-corrected chi connectivity index (χ4v) is 4.74. The van der Waals surface area contributed by atoms with Crippen LogP contribution in [0.5, 0.6) is 0 Å². The SMILES string of the molecule is CN/C=C(\C=N)c1cc2cc(C)n(C(=N)C3=C(NC4CCCCC4)CCNC3)c2cn1. The Hall–Kier alpha value is -2.93. The van der Waals surface area contributed by atoms with E-state index < -0.39 is 0 Å². The quantitative estimate of drug-likeness (QED) is 0.365. The highest BCUT2D eigenvalue weighted by molar-refractivity contribution is 6.09. The van der Waals surface area contributed by atoms with Crippen LogP contribution in [0.1, 0.15) is 49.9 Å². The number of nitrogens with one attached hydrogen (secondary N) is 5. The molecule has 2 aliphatic rings. The third kappa shape index (κ3) is 4.42. The highest BCUT2D eigenvalue weighted by Gasteiger charge is 2.23. The van der Waals surface area contributed by atoms with Crippen molar-refractivity contribution in [1.82, 2.24) is 25.5 Å². The first kappa shape index (κ1) is 21.3. The molecular formula is C24H33N7. The van der Waals surface area contributed by atoms with Crippen molar-refractivity contribution >= 4 is 28.5 Å². The monoisotopic (exact) mass is 419 g/mol. The smallest absolute Gasteiger partial charge is 0.135 e. The highest BCUT2D eigenvalue weighted by Crippen LogP contribution is 2.25. The fourth-order valence-electron chi connectivity index (χ4n) is 4.74. The largest absolute Gasteiger partial charge is 0.393 e. The van der Waals surface area contributed by atoms with E-state index in [2.05, 4.69) is 27.0 Å². The third-order valence-corrected chi connectivity index (χ3v) is 6.33. The predicted molar refractivity (Wildman–Crippen MR) is 128 cm³/mol. The van der Waals surface area contributed by atoms with E-state index in [-0.39, 0.29) is 0 Å². The summed E-state index contributed by atoms with van der Waals surface area (Å²) in [5, 5.41) is 28.0. The molecule has 0 radical (unpaired) electrons. The number of hydrogen-bond donors (Lipinski definition) is 5. The van der Waals surface area contributed by atoms with E-state index in [9.17, 15) is 0 Å². The maximum atomic E-state index is 9.09. The first-order valence-corrected chi connectivity index (χ1v) is 11.3. The van der Waals surface area contributed by atoms with Crippen LogP contribution < -0.4 is 16.0 Å². The molecule has 0 bridgehead atoms. The molecule has 7 nitrogen and oxygen atoms in total. The standard InChI is InChI=1S/C24H33N7/c1-16-10-17-11-22(18(12-25)13-27-2)29-15-23(17)31(16)24(26)20-14-28-9-8-21(20)30-19-6-4-3-5-7-19/h10-13,15,19,25-28,30H,3-9,14H2,1-2H3/b18-13+,25-12?,26-24?. The Balaban J connectivity index is 1.69. The van der Waals surface area contributed by atoms with E-state index in [0.29, 0.717) is 18.4 Å². The topological polar surface area (TPSA) is 102 Å². The van der Waals surface area contributed by atoms with Gasteiger partial charge in [0.2, 0.25) is 0 Å². The Bertz CT molecular complexity index is 1040. The van der Waals surface area contributed by atoms with Crippen LogP contribution in [0.3, 0.4) is 0 Å². The molecule has 31 heavy (non-hydrogen) atoms. The highest BCUT2D eigenvalue weighted by atomic mass is 15.1. The van der Waals surface area contributed by atoms with Crippen LogP contribution in [-0.2, 0) is 0 Å². The minimum absolute atomic E-state index is 0.519. The van der Waals surface area contributed by atoms with Crippen LogP contribution in [0.15, 0.2) is 35.8 Å². The van der Waals surface area contributed by atoms with E-state index in [0.717, 1.165) is 46.4 Å². The molecule has 2 aromatic heterocycles. The van der Waals surface area contributed by atoms with Gasteiger partial charge in [0.25, 0.3) is 0 Å². The maximum absolute atomic E-state index is 9.09. The van der Waals surface area contributed by atoms with Gasteiger partial charge in [-0.15, -0.1) is 0 Å². The molecule has 0 saturated heterocycles. The normalized spacial score (nSPS) is 18.3. The molecule has 2 aromatic rings. The van der Waals surface area contributed by atoms with E-state index >= 15 is 0 Å². The average molecular weight is 420 g/mol. The van der Waals surface area contributed by atoms with Gasteiger partial charge in [0.05, 0.1) is 17.4 Å². The molecule has 0 amide bonds. The molecular weight excluding hydrogens is 386 g/mol. The summed E-state index contributed by atoms with van der Waals surface area (Å²) in [5.41, 5.74) is 5.70. The van der Waals surface area contributed by atoms with Gasteiger partial charge in [0, 0.05) is 72.9 Å². The van der Waals surface area contributed by atoms with Gasteiger partial charge < -0.3 is 21.4 Å². The summed E-state index contributed by atoms with van der Waals surface area (Å²) >= 11 is 0. The maximum Gasteiger partial charge on any atom is 0.135 e. The second kappa shape index (κ2) is 9.47. The Labute approximate surface area is 184 Å². The molecule has 4 rings (SSSR count). The third-order valence-electron chi connectivity index (χ3n) is 6.33. The molecule has 0 aromatic carbocycles. The number of rotatable bonds is 6. The molecule has 1 aliphatic heterocycles. The first-order chi connectivity index (χ1) is 15.1. The van der Waals surface area contributed by atoms with E-state index in [4.69, 9.17) is 10.8 Å². The van der Waals surface area contributed by atoms with Gasteiger partial charge in [-0.3, -0.25) is 15.0 Å². The molecule has 0 spiro atoms. The van der Waals surface area contributed by atoms with Gasteiger partial charge in [0.1, 0.15) is 5.84 Å². The van der Waals surface area contributed by atoms with Crippen LogP contribution in [0, 0.1) is 17.7 Å². The Morgan fingerprint density at radius 3 is 2.81 bits per heavy atom. The van der Waals surface area contributed by atoms with Crippen molar-refractivity contribution in [2.24, 2.45) is 0 Å². The van der Waals surface area contributed by atoms with Gasteiger partial charge >= 0.3 is 0 Å². The average Bonchev–Trinajstić information content (AvgIpc) is 3.13. The number of allylic oxidation sites excluding steroid dienone is 1. The number of nitrogens with zero attached hydrogens (tertiary/aromatic N) is 2. The van der Waals surface area contributed by atoms with Crippen molar-refractivity contribution in [3.05, 3.63) is 47.2 Å². The van der Waals surface area contributed by atoms with Gasteiger partial charge in [-0.25, -0.2) is 0 Å². The lowest BCUT2D eigenvalue weighted by Gasteiger charge is -2.30. The summed E-state index contributed by atoms with van der Waals surface area (Å²) in [7, 11) is 1.81. The number of hydrogen-bond acceptors (Lipinski definition) is 6. The van der Waals surface area contributed by atoms with Crippen LogP contribution in [0.2, 0.25) is 0 Å². The second-order valence-corrected chi connectivity index (χ2v) is 8.49. The van der Waals surface area contributed by atoms with Gasteiger partial charge in [0.15, 0.2) is 0 Å². The Morgan fingerprint density at radius 1 is 1.26 bits per heavy atom. The lowest BCUT2D eigenvalue weighted by molar-refractivity contribution is 0.389. The van der Waals surface area contributed by atoms with Crippen molar-refractivity contribution in [2.45, 2.75) is 51.5 Å². The fraction of sp³-hybridized carbons (Fsp3) is 0.458. The molecule has 3 heterocycles. The molecule has 7 heteroatoms. The molecule has 5 N–H and O–H groups in total. The summed E-state index contributed by atoms with van der Waals surface area (Å²) in [4.78, 5) is 4.59. The van der Waals surface area contributed by atoms with Gasteiger partial charge in [-0.1, -0.05) is 19.3 Å². The number of fused-ring (bicyclic) bond motifs is 1. The van der Waals surface area contributed by atoms with Crippen molar-refractivity contribution in [1.29, 1.82) is 10.8 Å². The second-order valence-electron chi connectivity index (χ2n) is 8.49. The molecule has 0 atom stereocenters. The summed E-state index contributed by atoms with van der Waals surface area (Å²) in [5.74, 6) is 0.519. The summed E-state index contributed by atoms with van der Waals surface area (Å²) in [6.07, 6.45) is 12.2. The van der Waals surface area contributed by atoms with E-state index in [1.54, 1.807) is 6.20 Å². The number of aromatic nitrogens is 2. The lowest BCUT2D eigenvalue weighted by atomic mass is 9.94. The van der Waals surface area contributed by atoms with E-state index in [1.165, 1.54) is 44.0 Å². The van der Waals surface area contributed by atoms with Crippen LogP contribution in [-0.4, -0.2) is 47.8 Å². The Kier molecular flexibility index (Phi) is 6.51. The zero-order valence-corrected chi connectivity index (χ0v) is 18.5. The molecule has 164 valence electrons. The number of aryl methyl sites for hydroxylation is 1. The molecule has 1 fully saturated rings. The summed E-state index contributed by atoms with van der Waals surface area (Å²) < 4.78 is 2.00.